The smallest absolute Gasteiger partial charge is 0.277 e. The van der Waals surface area contributed by atoms with Crippen molar-refractivity contribution in [3.05, 3.63) is 99.4 Å². The molecule has 1 atom stereocenters. The number of unbranched alkanes of at least 4 members (excludes halogenated alkanes) is 1. The van der Waals surface area contributed by atoms with Crippen LogP contribution in [0.15, 0.2) is 69.3 Å². The molecule has 4 aromatic rings. The highest BCUT2D eigenvalue weighted by molar-refractivity contribution is 7.91. The summed E-state index contributed by atoms with van der Waals surface area (Å²) >= 11 is 0. The molecule has 0 aliphatic rings. The third-order valence-electron chi connectivity index (χ3n) is 6.90. The van der Waals surface area contributed by atoms with Gasteiger partial charge in [-0.05, 0) is 72.9 Å². The van der Waals surface area contributed by atoms with Crippen LogP contribution < -0.4 is 5.56 Å². The van der Waals surface area contributed by atoms with E-state index in [0.717, 1.165) is 12.5 Å². The Hall–Kier alpha value is -4.43. The second-order valence-corrected chi connectivity index (χ2v) is 11.5. The molecule has 0 radical (unpaired) electrons. The zero-order valence-corrected chi connectivity index (χ0v) is 23.5. The summed E-state index contributed by atoms with van der Waals surface area (Å²) in [7, 11) is -4.58. The van der Waals surface area contributed by atoms with Crippen LogP contribution in [0.5, 0.6) is 5.88 Å². The largest absolute Gasteiger partial charge is 0.492 e. The van der Waals surface area contributed by atoms with E-state index in [1.54, 1.807) is 19.9 Å². The fourth-order valence-electron chi connectivity index (χ4n) is 4.81. The number of nitrogens with zero attached hydrogens (tertiary/aromatic N) is 4. The van der Waals surface area contributed by atoms with Crippen molar-refractivity contribution < 1.29 is 22.3 Å². The first-order chi connectivity index (χ1) is 19.5. The average Bonchev–Trinajstić information content (AvgIpc) is 2.94. The van der Waals surface area contributed by atoms with Crippen molar-refractivity contribution in [1.29, 1.82) is 5.26 Å². The molecule has 0 saturated heterocycles. The number of aromatic nitrogens is 3. The minimum absolute atomic E-state index is 0.0468. The molecular formula is C30H28F2N4O4S. The fourth-order valence-corrected chi connectivity index (χ4v) is 6.15. The monoisotopic (exact) mass is 578 g/mol. The van der Waals surface area contributed by atoms with Crippen molar-refractivity contribution in [2.75, 3.05) is 0 Å². The van der Waals surface area contributed by atoms with Crippen LogP contribution in [0.3, 0.4) is 0 Å². The van der Waals surface area contributed by atoms with Crippen molar-refractivity contribution >= 4 is 9.84 Å². The summed E-state index contributed by atoms with van der Waals surface area (Å²) in [6.45, 7) is 5.22. The van der Waals surface area contributed by atoms with Crippen molar-refractivity contribution in [3.63, 3.8) is 0 Å². The van der Waals surface area contributed by atoms with E-state index in [-0.39, 0.29) is 34.7 Å². The maximum atomic E-state index is 14.4. The minimum atomic E-state index is -4.58. The van der Waals surface area contributed by atoms with E-state index in [2.05, 4.69) is 9.97 Å². The molecule has 0 saturated carbocycles. The van der Waals surface area contributed by atoms with Gasteiger partial charge in [0.1, 0.15) is 11.6 Å². The first kappa shape index (κ1) is 29.6. The average molecular weight is 579 g/mol. The van der Waals surface area contributed by atoms with Gasteiger partial charge in [0.05, 0.1) is 22.6 Å². The van der Waals surface area contributed by atoms with E-state index in [4.69, 9.17) is 0 Å². The molecule has 0 fully saturated rings. The quantitative estimate of drug-likeness (QED) is 0.255. The number of aromatic hydroxyl groups is 1. The van der Waals surface area contributed by atoms with E-state index in [0.29, 0.717) is 23.1 Å². The summed E-state index contributed by atoms with van der Waals surface area (Å²) in [5, 5.41) is 20.1. The maximum absolute atomic E-state index is 14.4. The first-order valence-corrected chi connectivity index (χ1v) is 14.5. The second kappa shape index (κ2) is 12.0. The van der Waals surface area contributed by atoms with Gasteiger partial charge in [-0.25, -0.2) is 17.8 Å². The van der Waals surface area contributed by atoms with Crippen LogP contribution in [0.4, 0.5) is 8.78 Å². The van der Waals surface area contributed by atoms with Gasteiger partial charge in [-0.15, -0.1) is 0 Å². The van der Waals surface area contributed by atoms with Gasteiger partial charge in [0, 0.05) is 18.2 Å². The molecule has 212 valence electrons. The standard InChI is InChI=1S/C30H28F2N4O4S/c1-4-6-7-26-35-29(37)27(30(38)36(26)25(5-2)21-14-19(17-33)15-22(31)16-21)41(39,40)23-10-8-20(9-11-23)24-12-13-34-28(32)18(24)3/h8-16,25,37H,4-7H2,1-3H3/t25-/m0/s1. The Morgan fingerprint density at radius 3 is 2.44 bits per heavy atom. The summed E-state index contributed by atoms with van der Waals surface area (Å²) < 4.78 is 57.0. The summed E-state index contributed by atoms with van der Waals surface area (Å²) in [6.07, 6.45) is 3.14. The molecule has 0 aliphatic heterocycles. The Labute approximate surface area is 236 Å². The van der Waals surface area contributed by atoms with Crippen LogP contribution in [0.1, 0.15) is 61.7 Å². The third-order valence-corrected chi connectivity index (χ3v) is 8.69. The number of hydrogen-bond acceptors (Lipinski definition) is 7. The number of hydrogen-bond donors (Lipinski definition) is 1. The molecule has 2 aromatic heterocycles. The number of halogens is 2. The number of nitriles is 1. The van der Waals surface area contributed by atoms with Crippen molar-refractivity contribution in [2.45, 2.75) is 62.3 Å². The molecule has 0 unspecified atom stereocenters. The van der Waals surface area contributed by atoms with Gasteiger partial charge in [0.15, 0.2) is 4.90 Å². The SMILES string of the molecule is CCCCc1nc(O)c(S(=O)(=O)c2ccc(-c3ccnc(F)c3C)cc2)c(=O)n1[C@@H](CC)c1cc(F)cc(C#N)c1. The van der Waals surface area contributed by atoms with Gasteiger partial charge in [-0.2, -0.15) is 14.6 Å². The van der Waals surface area contributed by atoms with Crippen LogP contribution in [-0.2, 0) is 16.3 Å². The molecule has 0 spiro atoms. The molecule has 8 nitrogen and oxygen atoms in total. The lowest BCUT2D eigenvalue weighted by atomic mass is 10.0. The summed E-state index contributed by atoms with van der Waals surface area (Å²) in [4.78, 5) is 20.5. The number of pyridine rings is 1. The topological polar surface area (TPSA) is 126 Å². The molecule has 0 aliphatic carbocycles. The summed E-state index contributed by atoms with van der Waals surface area (Å²) in [5.41, 5.74) is 0.677. The Balaban J connectivity index is 1.89. The number of aryl methyl sites for hydroxylation is 1. The Morgan fingerprint density at radius 1 is 1.10 bits per heavy atom. The fraction of sp³-hybridized carbons (Fsp3) is 0.267. The normalized spacial score (nSPS) is 12.2. The molecule has 41 heavy (non-hydrogen) atoms. The lowest BCUT2D eigenvalue weighted by Crippen LogP contribution is -2.33. The molecular weight excluding hydrogens is 550 g/mol. The third kappa shape index (κ3) is 5.74. The van der Waals surface area contributed by atoms with Crippen molar-refractivity contribution in [2.24, 2.45) is 0 Å². The number of benzene rings is 2. The predicted octanol–water partition coefficient (Wildman–Crippen LogP) is 5.64. The van der Waals surface area contributed by atoms with Crippen molar-refractivity contribution in [3.8, 4) is 23.1 Å². The molecule has 2 aromatic carbocycles. The molecule has 1 N–H and O–H groups in total. The second-order valence-electron chi connectivity index (χ2n) is 9.57. The minimum Gasteiger partial charge on any atom is -0.492 e. The van der Waals surface area contributed by atoms with E-state index in [9.17, 15) is 32.4 Å². The Kier molecular flexibility index (Phi) is 8.63. The van der Waals surface area contributed by atoms with E-state index in [1.807, 2.05) is 13.0 Å². The highest BCUT2D eigenvalue weighted by atomic mass is 32.2. The van der Waals surface area contributed by atoms with Crippen LogP contribution in [0, 0.1) is 30.0 Å². The molecule has 0 amide bonds. The Bertz CT molecular complexity index is 1810. The van der Waals surface area contributed by atoms with Gasteiger partial charge in [-0.1, -0.05) is 32.4 Å². The molecule has 11 heteroatoms. The zero-order chi connectivity index (χ0) is 29.9. The van der Waals surface area contributed by atoms with Crippen LogP contribution >= 0.6 is 0 Å². The van der Waals surface area contributed by atoms with Gasteiger partial charge in [0.2, 0.25) is 21.7 Å². The lowest BCUT2D eigenvalue weighted by Gasteiger charge is -2.23. The van der Waals surface area contributed by atoms with Gasteiger partial charge < -0.3 is 5.11 Å². The molecule has 2 heterocycles. The zero-order valence-electron chi connectivity index (χ0n) is 22.7. The number of rotatable bonds is 9. The maximum Gasteiger partial charge on any atom is 0.277 e. The first-order valence-electron chi connectivity index (χ1n) is 13.0. The number of sulfone groups is 1. The molecule has 4 rings (SSSR count). The van der Waals surface area contributed by atoms with Crippen molar-refractivity contribution in [1.82, 2.24) is 14.5 Å². The summed E-state index contributed by atoms with van der Waals surface area (Å²) in [6, 6.07) is 11.8. The highest BCUT2D eigenvalue weighted by Gasteiger charge is 2.32. The molecule has 0 bridgehead atoms. The summed E-state index contributed by atoms with van der Waals surface area (Å²) in [5.74, 6) is -2.11. The predicted molar refractivity (Wildman–Crippen MR) is 148 cm³/mol. The van der Waals surface area contributed by atoms with Crippen LogP contribution in [0.2, 0.25) is 0 Å². The van der Waals surface area contributed by atoms with E-state index >= 15 is 0 Å². The Morgan fingerprint density at radius 2 is 1.80 bits per heavy atom. The van der Waals surface area contributed by atoms with Gasteiger partial charge >= 0.3 is 0 Å². The lowest BCUT2D eigenvalue weighted by molar-refractivity contribution is 0.406. The van der Waals surface area contributed by atoms with Crippen LogP contribution in [-0.4, -0.2) is 28.1 Å². The van der Waals surface area contributed by atoms with Crippen LogP contribution in [0.25, 0.3) is 11.1 Å². The van der Waals surface area contributed by atoms with E-state index in [1.165, 1.54) is 47.2 Å². The van der Waals surface area contributed by atoms with E-state index < -0.39 is 44.0 Å². The van der Waals surface area contributed by atoms with Gasteiger partial charge in [0.25, 0.3) is 5.56 Å². The van der Waals surface area contributed by atoms with Gasteiger partial charge in [-0.3, -0.25) is 9.36 Å². The highest BCUT2D eigenvalue weighted by Crippen LogP contribution is 2.31.